The van der Waals surface area contributed by atoms with E-state index in [1.165, 1.54) is 0 Å². The molecule has 1 aromatic rings. The summed E-state index contributed by atoms with van der Waals surface area (Å²) in [6.07, 6.45) is 1.83. The molecule has 0 spiro atoms. The molecule has 2 heterocycles. The Morgan fingerprint density at radius 3 is 2.86 bits per heavy atom. The number of aromatic nitrogens is 1. The van der Waals surface area contributed by atoms with Gasteiger partial charge in [0.2, 0.25) is 0 Å². The Morgan fingerprint density at radius 2 is 2.36 bits per heavy atom. The molecular formula is C10H13BrN2O. The van der Waals surface area contributed by atoms with Crippen molar-refractivity contribution in [1.82, 2.24) is 4.98 Å². The van der Waals surface area contributed by atoms with E-state index in [0.29, 0.717) is 5.41 Å². The molecule has 0 saturated carbocycles. The predicted octanol–water partition coefficient (Wildman–Crippen LogP) is 2.29. The lowest BCUT2D eigenvalue weighted by Gasteiger charge is -2.38. The molecule has 1 saturated heterocycles. The average Bonchev–Trinajstić information content (AvgIpc) is 2.14. The van der Waals surface area contributed by atoms with Crippen molar-refractivity contribution in [1.29, 1.82) is 0 Å². The highest BCUT2D eigenvalue weighted by atomic mass is 79.9. The van der Waals surface area contributed by atoms with Crippen molar-refractivity contribution in [2.45, 2.75) is 6.92 Å². The molecule has 1 aliphatic heterocycles. The molecule has 2 rings (SSSR count). The summed E-state index contributed by atoms with van der Waals surface area (Å²) >= 11 is 3.30. The molecule has 0 unspecified atom stereocenters. The van der Waals surface area contributed by atoms with Crippen LogP contribution in [0.3, 0.4) is 0 Å². The molecular weight excluding hydrogens is 244 g/mol. The van der Waals surface area contributed by atoms with Gasteiger partial charge in [0.05, 0.1) is 25.1 Å². The third kappa shape index (κ3) is 2.25. The van der Waals surface area contributed by atoms with Gasteiger partial charge >= 0.3 is 0 Å². The second-order valence-electron chi connectivity index (χ2n) is 4.03. The van der Waals surface area contributed by atoms with Gasteiger partial charge in [0.25, 0.3) is 0 Å². The Hall–Kier alpha value is -0.610. The maximum absolute atomic E-state index is 5.18. The van der Waals surface area contributed by atoms with Crippen LogP contribution in [0.25, 0.3) is 0 Å². The number of rotatable bonds is 3. The molecule has 0 atom stereocenters. The van der Waals surface area contributed by atoms with E-state index < -0.39 is 0 Å². The van der Waals surface area contributed by atoms with Gasteiger partial charge in [-0.1, -0.05) is 6.92 Å². The first kappa shape index (κ1) is 9.93. The van der Waals surface area contributed by atoms with Gasteiger partial charge in [-0.2, -0.15) is 0 Å². The van der Waals surface area contributed by atoms with Gasteiger partial charge in [-0.3, -0.25) is 0 Å². The van der Waals surface area contributed by atoms with Gasteiger partial charge in [-0.15, -0.1) is 0 Å². The highest BCUT2D eigenvalue weighted by Gasteiger charge is 2.32. The number of hydrogen-bond acceptors (Lipinski definition) is 3. The zero-order chi connectivity index (χ0) is 10.0. The highest BCUT2D eigenvalue weighted by molar-refractivity contribution is 9.10. The third-order valence-corrected chi connectivity index (χ3v) is 2.82. The quantitative estimate of drug-likeness (QED) is 0.843. The molecule has 0 amide bonds. The average molecular weight is 257 g/mol. The normalized spacial score (nSPS) is 18.7. The lowest BCUT2D eigenvalue weighted by atomic mass is 9.89. The van der Waals surface area contributed by atoms with E-state index in [1.54, 1.807) is 0 Å². The third-order valence-electron chi connectivity index (χ3n) is 2.35. The van der Waals surface area contributed by atoms with Gasteiger partial charge in [0, 0.05) is 12.0 Å². The van der Waals surface area contributed by atoms with Gasteiger partial charge in [-0.05, 0) is 28.1 Å². The van der Waals surface area contributed by atoms with Crippen molar-refractivity contribution < 1.29 is 4.74 Å². The largest absolute Gasteiger partial charge is 0.383 e. The number of halogens is 1. The van der Waals surface area contributed by atoms with Crippen molar-refractivity contribution in [3.05, 3.63) is 22.9 Å². The number of nitrogens with zero attached hydrogens (tertiary/aromatic N) is 1. The van der Waals surface area contributed by atoms with Crippen molar-refractivity contribution >= 4 is 21.6 Å². The van der Waals surface area contributed by atoms with Crippen LogP contribution < -0.4 is 5.32 Å². The maximum atomic E-state index is 5.18. The Labute approximate surface area is 92.0 Å². The maximum Gasteiger partial charge on any atom is 0.106 e. The van der Waals surface area contributed by atoms with Crippen molar-refractivity contribution in [3.8, 4) is 0 Å². The summed E-state index contributed by atoms with van der Waals surface area (Å²) in [4.78, 5) is 4.15. The molecule has 3 nitrogen and oxygen atoms in total. The van der Waals surface area contributed by atoms with E-state index in [-0.39, 0.29) is 0 Å². The highest BCUT2D eigenvalue weighted by Crippen LogP contribution is 2.26. The molecule has 4 heteroatoms. The van der Waals surface area contributed by atoms with Crippen LogP contribution in [0.15, 0.2) is 22.9 Å². The van der Waals surface area contributed by atoms with Crippen LogP contribution in [-0.4, -0.2) is 24.7 Å². The topological polar surface area (TPSA) is 34.2 Å². The Bertz CT molecular complexity index is 308. The first-order valence-electron chi connectivity index (χ1n) is 4.61. The molecule has 1 N–H and O–H groups in total. The smallest absolute Gasteiger partial charge is 0.106 e. The predicted molar refractivity (Wildman–Crippen MR) is 59.4 cm³/mol. The van der Waals surface area contributed by atoms with Crippen LogP contribution in [0.4, 0.5) is 5.69 Å². The van der Waals surface area contributed by atoms with Gasteiger partial charge in [-0.25, -0.2) is 4.98 Å². The monoisotopic (exact) mass is 256 g/mol. The van der Waals surface area contributed by atoms with E-state index in [9.17, 15) is 0 Å². The first-order valence-corrected chi connectivity index (χ1v) is 5.40. The zero-order valence-electron chi connectivity index (χ0n) is 8.09. The minimum Gasteiger partial charge on any atom is -0.383 e. The Morgan fingerprint density at radius 1 is 1.57 bits per heavy atom. The van der Waals surface area contributed by atoms with Crippen molar-refractivity contribution in [2.24, 2.45) is 5.41 Å². The summed E-state index contributed by atoms with van der Waals surface area (Å²) in [6.45, 7) is 4.86. The van der Waals surface area contributed by atoms with Crippen LogP contribution in [0.5, 0.6) is 0 Å². The van der Waals surface area contributed by atoms with Crippen LogP contribution >= 0.6 is 15.9 Å². The molecule has 0 aromatic carbocycles. The fourth-order valence-electron chi connectivity index (χ4n) is 1.35. The van der Waals surface area contributed by atoms with Gasteiger partial charge < -0.3 is 10.1 Å². The second-order valence-corrected chi connectivity index (χ2v) is 4.84. The number of anilines is 1. The first-order chi connectivity index (χ1) is 6.68. The number of pyridine rings is 1. The second kappa shape index (κ2) is 3.87. The standard InChI is InChI=1S/C10H13BrN2O/c1-10(6-14-7-10)5-13-8-2-3-9(11)12-4-8/h2-4,13H,5-7H2,1H3. The summed E-state index contributed by atoms with van der Waals surface area (Å²) in [5.41, 5.74) is 1.36. The lowest BCUT2D eigenvalue weighted by molar-refractivity contribution is -0.0924. The van der Waals surface area contributed by atoms with E-state index >= 15 is 0 Å². The summed E-state index contributed by atoms with van der Waals surface area (Å²) in [7, 11) is 0. The molecule has 76 valence electrons. The SMILES string of the molecule is CC1(CNc2ccc(Br)nc2)COC1. The zero-order valence-corrected chi connectivity index (χ0v) is 9.67. The number of ether oxygens (including phenoxy) is 1. The summed E-state index contributed by atoms with van der Waals surface area (Å²) in [5, 5.41) is 3.35. The van der Waals surface area contributed by atoms with E-state index in [2.05, 4.69) is 33.2 Å². The molecule has 14 heavy (non-hydrogen) atoms. The van der Waals surface area contributed by atoms with Crippen molar-refractivity contribution in [2.75, 3.05) is 25.1 Å². The van der Waals surface area contributed by atoms with Crippen LogP contribution in [0.1, 0.15) is 6.92 Å². The molecule has 1 aromatic heterocycles. The molecule has 0 radical (unpaired) electrons. The minimum absolute atomic E-state index is 0.299. The van der Waals surface area contributed by atoms with E-state index in [4.69, 9.17) is 4.74 Å². The molecule has 1 aliphatic rings. The van der Waals surface area contributed by atoms with Crippen LogP contribution in [0.2, 0.25) is 0 Å². The summed E-state index contributed by atoms with van der Waals surface area (Å²) < 4.78 is 6.04. The number of hydrogen-bond donors (Lipinski definition) is 1. The fraction of sp³-hybridized carbons (Fsp3) is 0.500. The van der Waals surface area contributed by atoms with Crippen LogP contribution in [0, 0.1) is 5.41 Å². The van der Waals surface area contributed by atoms with Gasteiger partial charge in [0.15, 0.2) is 0 Å². The fourth-order valence-corrected chi connectivity index (χ4v) is 1.58. The minimum atomic E-state index is 0.299. The molecule has 0 aliphatic carbocycles. The van der Waals surface area contributed by atoms with E-state index in [1.807, 2.05) is 18.3 Å². The van der Waals surface area contributed by atoms with E-state index in [0.717, 1.165) is 30.0 Å². The summed E-state index contributed by atoms with van der Waals surface area (Å²) in [6, 6.07) is 3.95. The van der Waals surface area contributed by atoms with Crippen molar-refractivity contribution in [3.63, 3.8) is 0 Å². The molecule has 1 fully saturated rings. The number of nitrogens with one attached hydrogen (secondary N) is 1. The Kier molecular flexibility index (Phi) is 2.74. The summed E-state index contributed by atoms with van der Waals surface area (Å²) in [5.74, 6) is 0. The molecule has 0 bridgehead atoms. The van der Waals surface area contributed by atoms with Gasteiger partial charge in [0.1, 0.15) is 4.60 Å². The lowest BCUT2D eigenvalue weighted by Crippen LogP contribution is -2.45. The van der Waals surface area contributed by atoms with Crippen LogP contribution in [-0.2, 0) is 4.74 Å². The Balaban J connectivity index is 1.88.